The smallest absolute Gasteiger partial charge is 0.410 e. The maximum absolute atomic E-state index is 12.5. The number of nitrogens with zero attached hydrogens (tertiary/aromatic N) is 6. The van der Waals surface area contributed by atoms with E-state index in [2.05, 4.69) is 20.5 Å². The largest absolute Gasteiger partial charge is 0.415 e. The first-order chi connectivity index (χ1) is 15.2. The predicted molar refractivity (Wildman–Crippen MR) is 120 cm³/mol. The van der Waals surface area contributed by atoms with Crippen molar-refractivity contribution in [3.8, 4) is 5.75 Å². The fourth-order valence-electron chi connectivity index (χ4n) is 3.24. The van der Waals surface area contributed by atoms with Gasteiger partial charge in [0.05, 0.1) is 0 Å². The van der Waals surface area contributed by atoms with Gasteiger partial charge in [0, 0.05) is 48.4 Å². The van der Waals surface area contributed by atoms with Crippen molar-refractivity contribution in [1.29, 1.82) is 0 Å². The minimum atomic E-state index is -0.287. The number of thioether (sulfide) groups is 2. The summed E-state index contributed by atoms with van der Waals surface area (Å²) in [6.07, 6.45) is 6.06. The summed E-state index contributed by atoms with van der Waals surface area (Å²) < 4.78 is 7.25. The lowest BCUT2D eigenvalue weighted by Gasteiger charge is -2.30. The molecule has 0 N–H and O–H groups in total. The lowest BCUT2D eigenvalue weighted by atomic mass is 10.1. The van der Waals surface area contributed by atoms with E-state index < -0.39 is 0 Å². The van der Waals surface area contributed by atoms with E-state index in [4.69, 9.17) is 4.74 Å². The molecule has 2 aromatic heterocycles. The average molecular weight is 457 g/mol. The Labute approximate surface area is 189 Å². The van der Waals surface area contributed by atoms with Crippen LogP contribution in [-0.2, 0) is 13.5 Å². The number of benzene rings is 1. The first-order valence-corrected chi connectivity index (χ1v) is 12.0. The molecule has 0 aliphatic carbocycles. The van der Waals surface area contributed by atoms with Crippen LogP contribution in [0.1, 0.15) is 18.4 Å². The highest BCUT2D eigenvalue weighted by Gasteiger charge is 2.26. The molecular formula is C21H24N6O2S2. The minimum absolute atomic E-state index is 0.287. The van der Waals surface area contributed by atoms with E-state index in [1.54, 1.807) is 33.1 Å². The van der Waals surface area contributed by atoms with Gasteiger partial charge in [-0.15, -0.1) is 16.9 Å². The molecule has 0 saturated carbocycles. The molecular weight excluding hydrogens is 432 g/mol. The number of ether oxygens (including phenoxy) is 1. The first-order valence-electron chi connectivity index (χ1n) is 10.1. The van der Waals surface area contributed by atoms with Gasteiger partial charge in [0.15, 0.2) is 0 Å². The zero-order valence-electron chi connectivity index (χ0n) is 17.3. The number of hydrogen-bond acceptors (Lipinski definition) is 8. The predicted octanol–water partition coefficient (Wildman–Crippen LogP) is 3.70. The molecule has 0 spiro atoms. The third-order valence-electron chi connectivity index (χ3n) is 4.99. The van der Waals surface area contributed by atoms with Gasteiger partial charge in [-0.3, -0.25) is 4.98 Å². The normalized spacial score (nSPS) is 14.5. The molecule has 8 nitrogen and oxygen atoms in total. The van der Waals surface area contributed by atoms with Crippen LogP contribution in [0.25, 0.3) is 0 Å². The highest BCUT2D eigenvalue weighted by Crippen LogP contribution is 2.28. The SMILES string of the molecule is Cn1nnnc1SC1CCN(C(=O)Oc2ccc(CCSc3ccncc3)cc2)CC1. The summed E-state index contributed by atoms with van der Waals surface area (Å²) in [6, 6.07) is 11.8. The summed E-state index contributed by atoms with van der Waals surface area (Å²) in [4.78, 5) is 19.5. The molecule has 10 heteroatoms. The molecule has 1 amide bonds. The van der Waals surface area contributed by atoms with E-state index in [-0.39, 0.29) is 6.09 Å². The Kier molecular flexibility index (Phi) is 7.42. The van der Waals surface area contributed by atoms with E-state index in [1.807, 2.05) is 55.8 Å². The summed E-state index contributed by atoms with van der Waals surface area (Å²) in [7, 11) is 1.83. The van der Waals surface area contributed by atoms with Crippen molar-refractivity contribution < 1.29 is 9.53 Å². The Morgan fingerprint density at radius 1 is 1.13 bits per heavy atom. The molecule has 1 fully saturated rings. The molecule has 162 valence electrons. The van der Waals surface area contributed by atoms with Crippen molar-refractivity contribution in [1.82, 2.24) is 30.1 Å². The molecule has 3 heterocycles. The van der Waals surface area contributed by atoms with Crippen LogP contribution < -0.4 is 4.74 Å². The van der Waals surface area contributed by atoms with Gasteiger partial charge >= 0.3 is 6.09 Å². The molecule has 31 heavy (non-hydrogen) atoms. The fraction of sp³-hybridized carbons (Fsp3) is 0.381. The Hall–Kier alpha value is -2.59. The van der Waals surface area contributed by atoms with E-state index >= 15 is 0 Å². The summed E-state index contributed by atoms with van der Waals surface area (Å²) >= 11 is 3.47. The highest BCUT2D eigenvalue weighted by molar-refractivity contribution is 7.99. The fourth-order valence-corrected chi connectivity index (χ4v) is 5.14. The number of amides is 1. The first kappa shape index (κ1) is 21.6. The molecule has 1 saturated heterocycles. The van der Waals surface area contributed by atoms with Gasteiger partial charge in [0.2, 0.25) is 5.16 Å². The van der Waals surface area contributed by atoms with Crippen LogP contribution in [0, 0.1) is 0 Å². The van der Waals surface area contributed by atoms with Crippen molar-refractivity contribution >= 4 is 29.6 Å². The number of hydrogen-bond donors (Lipinski definition) is 0. The monoisotopic (exact) mass is 456 g/mol. The number of tetrazole rings is 1. The van der Waals surface area contributed by atoms with Gasteiger partial charge in [-0.25, -0.2) is 9.48 Å². The Balaban J connectivity index is 1.19. The van der Waals surface area contributed by atoms with E-state index in [0.717, 1.165) is 30.2 Å². The second kappa shape index (κ2) is 10.6. The zero-order valence-corrected chi connectivity index (χ0v) is 18.9. The number of pyridine rings is 1. The van der Waals surface area contributed by atoms with Crippen LogP contribution in [0.2, 0.25) is 0 Å². The van der Waals surface area contributed by atoms with Crippen molar-refractivity contribution in [2.75, 3.05) is 18.8 Å². The molecule has 1 aliphatic rings. The van der Waals surface area contributed by atoms with Crippen LogP contribution in [0.15, 0.2) is 58.8 Å². The summed E-state index contributed by atoms with van der Waals surface area (Å²) in [5.74, 6) is 1.57. The molecule has 3 aromatic rings. The maximum atomic E-state index is 12.5. The van der Waals surface area contributed by atoms with Crippen LogP contribution in [0.4, 0.5) is 4.79 Å². The average Bonchev–Trinajstić information content (AvgIpc) is 3.20. The van der Waals surface area contributed by atoms with E-state index in [9.17, 15) is 4.79 Å². The summed E-state index contributed by atoms with van der Waals surface area (Å²) in [6.45, 7) is 1.35. The molecule has 0 unspecified atom stereocenters. The lowest BCUT2D eigenvalue weighted by molar-refractivity contribution is 0.143. The molecule has 0 radical (unpaired) electrons. The van der Waals surface area contributed by atoms with Gasteiger partial charge in [-0.05, 0) is 59.5 Å². The number of likely N-dealkylation sites (tertiary alicyclic amines) is 1. The van der Waals surface area contributed by atoms with Crippen molar-refractivity contribution in [3.05, 3.63) is 54.4 Å². The van der Waals surface area contributed by atoms with Gasteiger partial charge in [0.25, 0.3) is 0 Å². The van der Waals surface area contributed by atoms with Crippen LogP contribution in [0.5, 0.6) is 5.75 Å². The second-order valence-corrected chi connectivity index (χ2v) is 9.62. The Morgan fingerprint density at radius 2 is 1.87 bits per heavy atom. The quantitative estimate of drug-likeness (QED) is 0.498. The zero-order chi connectivity index (χ0) is 21.5. The topological polar surface area (TPSA) is 86.0 Å². The maximum Gasteiger partial charge on any atom is 0.415 e. The van der Waals surface area contributed by atoms with Gasteiger partial charge in [0.1, 0.15) is 5.75 Å². The second-order valence-electron chi connectivity index (χ2n) is 7.18. The summed E-state index contributed by atoms with van der Waals surface area (Å²) in [5, 5.41) is 12.7. The molecule has 0 bridgehead atoms. The number of rotatable bonds is 7. The third-order valence-corrected chi connectivity index (χ3v) is 7.37. The molecule has 1 aliphatic heterocycles. The highest BCUT2D eigenvalue weighted by atomic mass is 32.2. The van der Waals surface area contributed by atoms with Gasteiger partial charge in [-0.1, -0.05) is 23.9 Å². The number of aryl methyl sites for hydroxylation is 2. The van der Waals surface area contributed by atoms with E-state index in [1.165, 1.54) is 10.5 Å². The van der Waals surface area contributed by atoms with Crippen LogP contribution >= 0.6 is 23.5 Å². The Morgan fingerprint density at radius 3 is 2.55 bits per heavy atom. The molecule has 1 aromatic carbocycles. The van der Waals surface area contributed by atoms with Gasteiger partial charge < -0.3 is 9.64 Å². The van der Waals surface area contributed by atoms with Crippen molar-refractivity contribution in [2.45, 2.75) is 34.6 Å². The molecule has 0 atom stereocenters. The molecule has 4 rings (SSSR count). The number of carbonyl (C=O) groups excluding carboxylic acids is 1. The Bertz CT molecular complexity index is 975. The van der Waals surface area contributed by atoms with E-state index in [0.29, 0.717) is 24.1 Å². The number of aromatic nitrogens is 5. The van der Waals surface area contributed by atoms with Gasteiger partial charge in [-0.2, -0.15) is 0 Å². The number of carbonyl (C=O) groups is 1. The number of piperidine rings is 1. The van der Waals surface area contributed by atoms with Crippen molar-refractivity contribution in [3.63, 3.8) is 0 Å². The van der Waals surface area contributed by atoms with Crippen molar-refractivity contribution in [2.24, 2.45) is 7.05 Å². The van der Waals surface area contributed by atoms with Crippen LogP contribution in [0.3, 0.4) is 0 Å². The minimum Gasteiger partial charge on any atom is -0.410 e. The lowest BCUT2D eigenvalue weighted by Crippen LogP contribution is -2.41. The third kappa shape index (κ3) is 6.20. The van der Waals surface area contributed by atoms with Crippen LogP contribution in [-0.4, -0.2) is 60.3 Å². The summed E-state index contributed by atoms with van der Waals surface area (Å²) in [5.41, 5.74) is 1.22. The standard InChI is InChI=1S/C21H24N6O2S2/c1-26-20(23-24-25-26)31-19-8-13-27(14-9-19)21(28)29-17-4-2-16(3-5-17)10-15-30-18-6-11-22-12-7-18/h2-7,11-12,19H,8-10,13-15H2,1H3.